The number of nitro benzene ring substituents is 1. The molecule has 0 amide bonds. The molecule has 0 aromatic heterocycles. The molecule has 12 heteroatoms. The molecule has 0 saturated heterocycles. The molecule has 36 heavy (non-hydrogen) atoms. The lowest BCUT2D eigenvalue weighted by molar-refractivity contribution is -0.384. The van der Waals surface area contributed by atoms with E-state index in [1.54, 1.807) is 6.92 Å². The minimum atomic E-state index is -4.83. The van der Waals surface area contributed by atoms with Gasteiger partial charge in [-0.1, -0.05) is 12.5 Å². The van der Waals surface area contributed by atoms with Crippen LogP contribution in [0.15, 0.2) is 36.4 Å². The lowest BCUT2D eigenvalue weighted by Gasteiger charge is -2.14. The number of hydrogen-bond acceptors (Lipinski definition) is 7. The van der Waals surface area contributed by atoms with Crippen LogP contribution in [0.25, 0.3) is 0 Å². The fourth-order valence-corrected chi connectivity index (χ4v) is 3.30. The minimum Gasteiger partial charge on any atom is -0.489 e. The lowest BCUT2D eigenvalue weighted by Crippen LogP contribution is -2.25. The number of unbranched alkanes of at least 4 members (excludes halogenated alkanes) is 2. The quantitative estimate of drug-likeness (QED) is 0.116. The van der Waals surface area contributed by atoms with Gasteiger partial charge in [0.1, 0.15) is 18.2 Å². The van der Waals surface area contributed by atoms with Crippen LogP contribution in [0, 0.1) is 15.9 Å². The second kappa shape index (κ2) is 14.3. The lowest BCUT2D eigenvalue weighted by atomic mass is 10.1. The number of carbonyl (C=O) groups excluding carboxylic acids is 1. The molecule has 0 aliphatic carbocycles. The van der Waals surface area contributed by atoms with Gasteiger partial charge in [-0.25, -0.2) is 4.39 Å². The minimum absolute atomic E-state index is 0.109. The molecule has 2 aromatic carbocycles. The summed E-state index contributed by atoms with van der Waals surface area (Å²) in [6, 6.07) is 6.57. The van der Waals surface area contributed by atoms with E-state index < -0.39 is 22.5 Å². The summed E-state index contributed by atoms with van der Waals surface area (Å²) in [4.78, 5) is 21.8. The summed E-state index contributed by atoms with van der Waals surface area (Å²) in [6.07, 6.45) is -2.28. The van der Waals surface area contributed by atoms with Crippen LogP contribution in [0.5, 0.6) is 5.75 Å². The van der Waals surface area contributed by atoms with Crippen LogP contribution in [-0.4, -0.2) is 37.1 Å². The van der Waals surface area contributed by atoms with E-state index >= 15 is 0 Å². The first-order valence-electron chi connectivity index (χ1n) is 11.4. The normalized spacial score (nSPS) is 11.4. The number of nitrogens with zero attached hydrogens (tertiary/aromatic N) is 1. The van der Waals surface area contributed by atoms with Gasteiger partial charge in [-0.3, -0.25) is 14.9 Å². The maximum Gasteiger partial charge on any atom is 0.419 e. The highest BCUT2D eigenvalue weighted by Crippen LogP contribution is 2.32. The molecule has 0 atom stereocenters. The van der Waals surface area contributed by atoms with Gasteiger partial charge < -0.3 is 20.1 Å². The van der Waals surface area contributed by atoms with Crippen LogP contribution in [-0.2, 0) is 28.9 Å². The standard InChI is InChI=1S/C24H29F4N3O5/c1-2-35-23(32)15-30-11-5-3-4-10-29-14-18-13-19(31(33)34)7-9-22(18)36-16-17-6-8-21(25)20(12-17)24(26,27)28/h6-9,12-13,29-30H,2-5,10-11,14-16H2,1H3. The van der Waals surface area contributed by atoms with E-state index in [2.05, 4.69) is 10.6 Å². The molecular formula is C24H29F4N3O5. The van der Waals surface area contributed by atoms with Gasteiger partial charge in [0, 0.05) is 24.2 Å². The molecule has 0 unspecified atom stereocenters. The molecule has 0 saturated carbocycles. The molecule has 8 nitrogen and oxygen atoms in total. The predicted molar refractivity (Wildman–Crippen MR) is 124 cm³/mol. The second-order valence-corrected chi connectivity index (χ2v) is 7.87. The average molecular weight is 516 g/mol. The smallest absolute Gasteiger partial charge is 0.419 e. The number of halogens is 4. The van der Waals surface area contributed by atoms with Crippen molar-refractivity contribution < 1.29 is 36.8 Å². The number of benzene rings is 2. The third-order valence-electron chi connectivity index (χ3n) is 5.08. The molecule has 0 bridgehead atoms. The topological polar surface area (TPSA) is 103 Å². The number of rotatable bonds is 15. The third-order valence-corrected chi connectivity index (χ3v) is 5.08. The summed E-state index contributed by atoms with van der Waals surface area (Å²) < 4.78 is 62.8. The zero-order valence-corrected chi connectivity index (χ0v) is 19.8. The molecule has 0 fully saturated rings. The number of ether oxygens (including phenoxy) is 2. The van der Waals surface area contributed by atoms with E-state index in [1.807, 2.05) is 0 Å². The van der Waals surface area contributed by atoms with Crippen LogP contribution in [0.2, 0.25) is 0 Å². The Morgan fingerprint density at radius 2 is 1.78 bits per heavy atom. The first-order valence-corrected chi connectivity index (χ1v) is 11.4. The Morgan fingerprint density at radius 1 is 1.06 bits per heavy atom. The predicted octanol–water partition coefficient (Wildman–Crippen LogP) is 4.74. The molecule has 2 N–H and O–H groups in total. The van der Waals surface area contributed by atoms with Crippen molar-refractivity contribution in [1.82, 2.24) is 10.6 Å². The van der Waals surface area contributed by atoms with Gasteiger partial charge in [0.25, 0.3) is 5.69 Å². The van der Waals surface area contributed by atoms with Crippen molar-refractivity contribution in [3.8, 4) is 5.75 Å². The SMILES string of the molecule is CCOC(=O)CNCCCCCNCc1cc([N+](=O)[O-])ccc1OCc1ccc(F)c(C(F)(F)F)c1. The molecular weight excluding hydrogens is 486 g/mol. The number of hydrogen-bond donors (Lipinski definition) is 2. The number of nitro groups is 1. The van der Waals surface area contributed by atoms with E-state index in [-0.39, 0.29) is 42.7 Å². The first-order chi connectivity index (χ1) is 17.1. The fraction of sp³-hybridized carbons (Fsp3) is 0.458. The number of esters is 1. The summed E-state index contributed by atoms with van der Waals surface area (Å²) in [5.41, 5.74) is -0.950. The summed E-state index contributed by atoms with van der Waals surface area (Å²) in [6.45, 7) is 3.51. The summed E-state index contributed by atoms with van der Waals surface area (Å²) in [5.74, 6) is -1.40. The van der Waals surface area contributed by atoms with E-state index in [1.165, 1.54) is 24.3 Å². The van der Waals surface area contributed by atoms with Crippen LogP contribution < -0.4 is 15.4 Å². The third kappa shape index (κ3) is 9.78. The monoisotopic (exact) mass is 515 g/mol. The van der Waals surface area contributed by atoms with Gasteiger partial charge in [0.05, 0.1) is 23.6 Å². The van der Waals surface area contributed by atoms with Crippen LogP contribution in [0.3, 0.4) is 0 Å². The fourth-order valence-electron chi connectivity index (χ4n) is 3.30. The van der Waals surface area contributed by atoms with Crippen LogP contribution in [0.1, 0.15) is 42.9 Å². The van der Waals surface area contributed by atoms with Crippen molar-refractivity contribution in [2.24, 2.45) is 0 Å². The van der Waals surface area contributed by atoms with Crippen LogP contribution in [0.4, 0.5) is 23.2 Å². The summed E-state index contributed by atoms with van der Waals surface area (Å²) in [7, 11) is 0. The molecule has 198 valence electrons. The Hall–Kier alpha value is -3.25. The Labute approximate surface area is 206 Å². The van der Waals surface area contributed by atoms with Gasteiger partial charge in [-0.05, 0) is 56.6 Å². The number of nitrogens with one attached hydrogen (secondary N) is 2. The van der Waals surface area contributed by atoms with Gasteiger partial charge in [-0.2, -0.15) is 13.2 Å². The molecule has 2 aromatic rings. The molecule has 0 spiro atoms. The number of non-ortho nitro benzene ring substituents is 1. The van der Waals surface area contributed by atoms with E-state index in [0.717, 1.165) is 25.3 Å². The average Bonchev–Trinajstić information content (AvgIpc) is 2.82. The van der Waals surface area contributed by atoms with Crippen molar-refractivity contribution in [3.05, 3.63) is 69.0 Å². The van der Waals surface area contributed by atoms with Crippen molar-refractivity contribution in [3.63, 3.8) is 0 Å². The van der Waals surface area contributed by atoms with Gasteiger partial charge in [-0.15, -0.1) is 0 Å². The molecule has 2 rings (SSSR count). The molecule has 0 aliphatic heterocycles. The van der Waals surface area contributed by atoms with Gasteiger partial charge >= 0.3 is 12.1 Å². The van der Waals surface area contributed by atoms with Crippen molar-refractivity contribution in [2.75, 3.05) is 26.2 Å². The molecule has 0 heterocycles. The van der Waals surface area contributed by atoms with E-state index in [9.17, 15) is 32.5 Å². The van der Waals surface area contributed by atoms with Crippen molar-refractivity contribution in [1.29, 1.82) is 0 Å². The van der Waals surface area contributed by atoms with Gasteiger partial charge in [0.2, 0.25) is 0 Å². The largest absolute Gasteiger partial charge is 0.489 e. The van der Waals surface area contributed by atoms with E-state index in [0.29, 0.717) is 31.3 Å². The maximum absolute atomic E-state index is 13.5. The Morgan fingerprint density at radius 3 is 2.44 bits per heavy atom. The zero-order valence-electron chi connectivity index (χ0n) is 19.8. The number of carbonyl (C=O) groups is 1. The van der Waals surface area contributed by atoms with Crippen LogP contribution >= 0.6 is 0 Å². The summed E-state index contributed by atoms with van der Waals surface area (Å²) >= 11 is 0. The second-order valence-electron chi connectivity index (χ2n) is 7.87. The highest BCUT2D eigenvalue weighted by molar-refractivity contribution is 5.71. The number of alkyl halides is 3. The highest BCUT2D eigenvalue weighted by atomic mass is 19.4. The zero-order chi connectivity index (χ0) is 26.6. The van der Waals surface area contributed by atoms with Gasteiger partial charge in [0.15, 0.2) is 0 Å². The molecule has 0 aliphatic rings. The Kier molecular flexibility index (Phi) is 11.5. The van der Waals surface area contributed by atoms with E-state index in [4.69, 9.17) is 9.47 Å². The Bertz CT molecular complexity index is 1020. The molecule has 0 radical (unpaired) electrons. The summed E-state index contributed by atoms with van der Waals surface area (Å²) in [5, 5.41) is 17.3. The van der Waals surface area contributed by atoms with Crippen molar-refractivity contribution >= 4 is 11.7 Å². The maximum atomic E-state index is 13.5. The Balaban J connectivity index is 1.87. The van der Waals surface area contributed by atoms with Crippen molar-refractivity contribution in [2.45, 2.75) is 45.5 Å². The first kappa shape index (κ1) is 29.0. The highest BCUT2D eigenvalue weighted by Gasteiger charge is 2.34.